The Bertz CT molecular complexity index is 927. The summed E-state index contributed by atoms with van der Waals surface area (Å²) in [6, 6.07) is 0. The van der Waals surface area contributed by atoms with Crippen molar-refractivity contribution in [2.75, 3.05) is 24.5 Å². The number of carbonyl (C=O) groups is 2. The van der Waals surface area contributed by atoms with E-state index < -0.39 is 0 Å². The quantitative estimate of drug-likeness (QED) is 0.551. The van der Waals surface area contributed by atoms with Gasteiger partial charge in [-0.2, -0.15) is 0 Å². The first-order valence-electron chi connectivity index (χ1n) is 11.0. The Kier molecular flexibility index (Phi) is 6.14. The van der Waals surface area contributed by atoms with E-state index in [-0.39, 0.29) is 11.8 Å². The molecule has 0 saturated carbocycles. The molecule has 0 spiro atoms. The van der Waals surface area contributed by atoms with Gasteiger partial charge in [-0.3, -0.25) is 14.5 Å². The summed E-state index contributed by atoms with van der Waals surface area (Å²) in [6.45, 7) is 11.5. The normalized spacial score (nSPS) is 18.7. The van der Waals surface area contributed by atoms with Crippen LogP contribution < -0.4 is 4.90 Å². The van der Waals surface area contributed by atoms with E-state index in [0.29, 0.717) is 19.5 Å². The lowest BCUT2D eigenvalue weighted by molar-refractivity contribution is -0.140. The Morgan fingerprint density at radius 2 is 2.00 bits per heavy atom. The predicted molar refractivity (Wildman–Crippen MR) is 123 cm³/mol. The highest BCUT2D eigenvalue weighted by atomic mass is 32.1. The first-order valence-corrected chi connectivity index (χ1v) is 11.9. The number of β-lactam (4-membered cyclic amide) rings is 1. The molecule has 1 aliphatic carbocycles. The maximum atomic E-state index is 13.5. The first kappa shape index (κ1) is 20.9. The summed E-state index contributed by atoms with van der Waals surface area (Å²) < 4.78 is 0. The molecule has 1 fully saturated rings. The van der Waals surface area contributed by atoms with Crippen molar-refractivity contribution in [3.8, 4) is 0 Å². The molecule has 3 aliphatic rings. The van der Waals surface area contributed by atoms with E-state index >= 15 is 0 Å². The minimum Gasteiger partial charge on any atom is -0.337 e. The summed E-state index contributed by atoms with van der Waals surface area (Å²) in [5, 5.41) is 1.01. The van der Waals surface area contributed by atoms with E-state index in [1.165, 1.54) is 5.57 Å². The lowest BCUT2D eigenvalue weighted by Crippen LogP contribution is -2.44. The number of unbranched alkanes of at least 4 members (excludes halogenated alkanes) is 1. The molecular weight excluding hydrogens is 394 g/mol. The van der Waals surface area contributed by atoms with E-state index in [1.54, 1.807) is 11.3 Å². The second kappa shape index (κ2) is 8.80. The molecule has 160 valence electrons. The zero-order valence-corrected chi connectivity index (χ0v) is 18.9. The van der Waals surface area contributed by atoms with Crippen LogP contribution in [-0.2, 0) is 11.3 Å². The minimum atomic E-state index is 0.0598. The minimum absolute atomic E-state index is 0.0598. The van der Waals surface area contributed by atoms with Crippen molar-refractivity contribution in [2.24, 2.45) is 0 Å². The fraction of sp³-hybridized carbons (Fsp3) is 0.500. The third kappa shape index (κ3) is 3.85. The molecule has 5 nitrogen and oxygen atoms in total. The molecular formula is C24H31N3O2S. The Morgan fingerprint density at radius 1 is 1.17 bits per heavy atom. The molecule has 0 unspecified atom stereocenters. The Labute approximate surface area is 183 Å². The van der Waals surface area contributed by atoms with Crippen molar-refractivity contribution < 1.29 is 9.59 Å². The van der Waals surface area contributed by atoms with Crippen LogP contribution in [0.25, 0.3) is 0 Å². The van der Waals surface area contributed by atoms with Gasteiger partial charge in [0, 0.05) is 30.9 Å². The van der Waals surface area contributed by atoms with Gasteiger partial charge in [-0.1, -0.05) is 43.7 Å². The Morgan fingerprint density at radius 3 is 2.63 bits per heavy atom. The number of carbonyl (C=O) groups excluding carboxylic acids is 2. The van der Waals surface area contributed by atoms with Crippen LogP contribution in [0.2, 0.25) is 0 Å². The molecule has 1 saturated heterocycles. The van der Waals surface area contributed by atoms with Crippen LogP contribution in [0.5, 0.6) is 0 Å². The molecule has 30 heavy (non-hydrogen) atoms. The largest absolute Gasteiger partial charge is 0.337 e. The molecule has 6 heteroatoms. The maximum Gasteiger partial charge on any atom is 0.262 e. The molecule has 0 radical (unpaired) electrons. The van der Waals surface area contributed by atoms with E-state index in [0.717, 1.165) is 72.0 Å². The van der Waals surface area contributed by atoms with E-state index in [1.807, 2.05) is 16.7 Å². The smallest absolute Gasteiger partial charge is 0.262 e. The lowest BCUT2D eigenvalue weighted by Gasteiger charge is -2.38. The topological polar surface area (TPSA) is 43.9 Å². The van der Waals surface area contributed by atoms with E-state index in [2.05, 4.69) is 36.6 Å². The summed E-state index contributed by atoms with van der Waals surface area (Å²) in [6.07, 6.45) is 12.3. The number of rotatable bonds is 8. The highest BCUT2D eigenvalue weighted by Gasteiger charge is 2.37. The van der Waals surface area contributed by atoms with Crippen molar-refractivity contribution in [1.82, 2.24) is 9.80 Å². The maximum absolute atomic E-state index is 13.5. The van der Waals surface area contributed by atoms with E-state index in [4.69, 9.17) is 0 Å². The van der Waals surface area contributed by atoms with Crippen molar-refractivity contribution in [2.45, 2.75) is 58.9 Å². The van der Waals surface area contributed by atoms with Crippen LogP contribution >= 0.6 is 11.3 Å². The number of amides is 2. The zero-order chi connectivity index (χ0) is 21.3. The second-order valence-electron chi connectivity index (χ2n) is 8.32. The monoisotopic (exact) mass is 425 g/mol. The molecule has 4 rings (SSSR count). The number of likely N-dealkylation sites (tertiary alicyclic amines) is 1. The SMILES string of the molecule is C=C1N(CCC2=CC=CCC2)C(=O)c2c(sc(CN3CCC3=O)c2C)N1CCCC. The highest BCUT2D eigenvalue weighted by Crippen LogP contribution is 2.43. The van der Waals surface area contributed by atoms with Crippen LogP contribution in [0.4, 0.5) is 5.00 Å². The van der Waals surface area contributed by atoms with Gasteiger partial charge in [0.2, 0.25) is 5.91 Å². The van der Waals surface area contributed by atoms with Gasteiger partial charge < -0.3 is 9.80 Å². The van der Waals surface area contributed by atoms with Crippen LogP contribution in [0.1, 0.15) is 66.2 Å². The molecule has 2 aliphatic heterocycles. The van der Waals surface area contributed by atoms with Gasteiger partial charge in [-0.05, 0) is 38.2 Å². The summed E-state index contributed by atoms with van der Waals surface area (Å²) in [5.41, 5.74) is 3.23. The predicted octanol–water partition coefficient (Wildman–Crippen LogP) is 4.99. The van der Waals surface area contributed by atoms with Gasteiger partial charge in [0.15, 0.2) is 0 Å². The number of hydrogen-bond acceptors (Lipinski definition) is 4. The van der Waals surface area contributed by atoms with Gasteiger partial charge in [0.25, 0.3) is 5.91 Å². The third-order valence-corrected chi connectivity index (χ3v) is 7.63. The summed E-state index contributed by atoms with van der Waals surface area (Å²) >= 11 is 1.66. The van der Waals surface area contributed by atoms with Crippen molar-refractivity contribution in [3.63, 3.8) is 0 Å². The number of fused-ring (bicyclic) bond motifs is 1. The molecule has 0 bridgehead atoms. The summed E-state index contributed by atoms with van der Waals surface area (Å²) in [5.74, 6) is 1.06. The molecule has 0 aromatic carbocycles. The first-order chi connectivity index (χ1) is 14.5. The number of anilines is 1. The molecule has 0 N–H and O–H groups in total. The van der Waals surface area contributed by atoms with Crippen LogP contribution in [0.3, 0.4) is 0 Å². The van der Waals surface area contributed by atoms with Gasteiger partial charge >= 0.3 is 0 Å². The number of hydrogen-bond donors (Lipinski definition) is 0. The number of allylic oxidation sites excluding steroid dienone is 3. The standard InChI is InChI=1S/C24H31N3O2S/c1-4-5-13-27-18(3)26(15-11-19-9-7-6-8-10-19)23(29)22-17(2)20(30-24(22)27)16-25-14-12-21(25)28/h6-7,9H,3-5,8,10-16H2,1-2H3. The fourth-order valence-corrected chi connectivity index (χ4v) is 5.61. The number of thiophene rings is 1. The van der Waals surface area contributed by atoms with Crippen molar-refractivity contribution >= 4 is 28.2 Å². The fourth-order valence-electron chi connectivity index (χ4n) is 4.25. The molecule has 1 aromatic rings. The summed E-state index contributed by atoms with van der Waals surface area (Å²) in [7, 11) is 0. The Balaban J connectivity index is 1.61. The highest BCUT2D eigenvalue weighted by molar-refractivity contribution is 7.16. The van der Waals surface area contributed by atoms with Crippen molar-refractivity contribution in [3.05, 3.63) is 52.2 Å². The van der Waals surface area contributed by atoms with Crippen LogP contribution in [0.15, 0.2) is 36.2 Å². The second-order valence-corrected chi connectivity index (χ2v) is 9.40. The van der Waals surface area contributed by atoms with Crippen LogP contribution in [-0.4, -0.2) is 41.2 Å². The summed E-state index contributed by atoms with van der Waals surface area (Å²) in [4.78, 5) is 32.4. The molecule has 1 aromatic heterocycles. The number of nitrogens with zero attached hydrogens (tertiary/aromatic N) is 3. The zero-order valence-electron chi connectivity index (χ0n) is 18.1. The van der Waals surface area contributed by atoms with Gasteiger partial charge in [0.05, 0.1) is 12.1 Å². The molecule has 0 atom stereocenters. The van der Waals surface area contributed by atoms with Gasteiger partial charge in [-0.15, -0.1) is 11.3 Å². The van der Waals surface area contributed by atoms with Crippen LogP contribution in [0, 0.1) is 6.92 Å². The Hall–Kier alpha value is -2.34. The van der Waals surface area contributed by atoms with Crippen molar-refractivity contribution in [1.29, 1.82) is 0 Å². The third-order valence-electron chi connectivity index (χ3n) is 6.33. The van der Waals surface area contributed by atoms with Gasteiger partial charge in [-0.25, -0.2) is 0 Å². The van der Waals surface area contributed by atoms with Gasteiger partial charge in [0.1, 0.15) is 10.8 Å². The average Bonchev–Trinajstić information content (AvgIpc) is 3.07. The molecule has 3 heterocycles. The molecule has 2 amide bonds. The van der Waals surface area contributed by atoms with E-state index in [9.17, 15) is 9.59 Å². The lowest BCUT2D eigenvalue weighted by atomic mass is 10.0. The average molecular weight is 426 g/mol.